The number of carboxylic acids is 1. The second-order valence-corrected chi connectivity index (χ2v) is 12.7. The summed E-state index contributed by atoms with van der Waals surface area (Å²) in [6, 6.07) is 0. The van der Waals surface area contributed by atoms with E-state index in [9.17, 15) is 4.79 Å². The third kappa shape index (κ3) is 6.37. The molecule has 0 saturated heterocycles. The summed E-state index contributed by atoms with van der Waals surface area (Å²) in [5.74, 6) is -0.900. The number of rotatable bonds is 7. The molecule has 120 valence electrons. The minimum Gasteiger partial charge on any atom is -0.479 e. The van der Waals surface area contributed by atoms with E-state index in [2.05, 4.69) is 33.9 Å². The van der Waals surface area contributed by atoms with Crippen molar-refractivity contribution < 1.29 is 19.1 Å². The Hall–Kier alpha value is -0.393. The van der Waals surface area contributed by atoms with Gasteiger partial charge in [-0.05, 0) is 30.0 Å². The van der Waals surface area contributed by atoms with E-state index in [-0.39, 0.29) is 5.04 Å². The summed E-state index contributed by atoms with van der Waals surface area (Å²) >= 11 is 0. The Labute approximate surface area is 125 Å². The van der Waals surface area contributed by atoms with Crippen molar-refractivity contribution in [3.63, 3.8) is 0 Å². The number of hydrogen-bond donors (Lipinski definition) is 1. The van der Waals surface area contributed by atoms with Gasteiger partial charge in [0.05, 0.1) is 0 Å². The lowest BCUT2D eigenvalue weighted by atomic mass is 9.89. The molecule has 5 heteroatoms. The van der Waals surface area contributed by atoms with Crippen LogP contribution in [0.15, 0.2) is 0 Å². The highest BCUT2D eigenvalue weighted by Crippen LogP contribution is 2.36. The van der Waals surface area contributed by atoms with Crippen molar-refractivity contribution in [3.8, 4) is 0 Å². The van der Waals surface area contributed by atoms with E-state index in [0.29, 0.717) is 13.2 Å². The molecule has 0 aliphatic carbocycles. The fourth-order valence-electron chi connectivity index (χ4n) is 1.50. The van der Waals surface area contributed by atoms with Crippen molar-refractivity contribution in [3.05, 3.63) is 0 Å². The average molecular weight is 305 g/mol. The van der Waals surface area contributed by atoms with Crippen LogP contribution in [0.25, 0.3) is 0 Å². The fraction of sp³-hybridized carbons (Fsp3) is 0.933. The molecule has 4 nitrogen and oxygen atoms in total. The fourth-order valence-corrected chi connectivity index (χ4v) is 2.58. The maximum Gasteiger partial charge on any atom is 0.333 e. The van der Waals surface area contributed by atoms with Crippen LogP contribution < -0.4 is 0 Å². The highest BCUT2D eigenvalue weighted by Gasteiger charge is 2.37. The predicted molar refractivity (Wildman–Crippen MR) is 84.6 cm³/mol. The molecular weight excluding hydrogens is 272 g/mol. The van der Waals surface area contributed by atoms with Gasteiger partial charge < -0.3 is 14.3 Å². The maximum absolute atomic E-state index is 11.2. The third-order valence-corrected chi connectivity index (χ3v) is 8.39. The van der Waals surface area contributed by atoms with Crippen molar-refractivity contribution >= 4 is 14.3 Å². The molecule has 0 saturated carbocycles. The van der Waals surface area contributed by atoms with E-state index in [1.807, 2.05) is 20.8 Å². The van der Waals surface area contributed by atoms with E-state index in [1.165, 1.54) is 0 Å². The first-order valence-electron chi connectivity index (χ1n) is 7.27. The molecule has 0 aromatic rings. The van der Waals surface area contributed by atoms with E-state index >= 15 is 0 Å². The van der Waals surface area contributed by atoms with Gasteiger partial charge in [0.2, 0.25) is 0 Å². The Balaban J connectivity index is 4.13. The van der Waals surface area contributed by atoms with Gasteiger partial charge in [-0.15, -0.1) is 0 Å². The lowest BCUT2D eigenvalue weighted by Gasteiger charge is -2.36. The molecule has 0 amide bonds. The molecule has 1 N–H and O–H groups in total. The standard InChI is InChI=1S/C15H32O4Si/c1-14(2,3)12(13(16)17)18-10-9-11-19-20(7,8)15(4,5)6/h12H,9-11H2,1-8H3,(H,16,17). The molecule has 0 rings (SSSR count). The normalized spacial score (nSPS) is 15.2. The van der Waals surface area contributed by atoms with Crippen LogP contribution in [0.4, 0.5) is 0 Å². The van der Waals surface area contributed by atoms with Gasteiger partial charge in [0.1, 0.15) is 0 Å². The Morgan fingerprint density at radius 3 is 1.95 bits per heavy atom. The molecule has 1 atom stereocenters. The topological polar surface area (TPSA) is 55.8 Å². The van der Waals surface area contributed by atoms with Crippen molar-refractivity contribution in [2.75, 3.05) is 13.2 Å². The summed E-state index contributed by atoms with van der Waals surface area (Å²) in [6.07, 6.45) is -0.0396. The molecule has 0 heterocycles. The summed E-state index contributed by atoms with van der Waals surface area (Å²) in [5.41, 5.74) is -0.397. The average Bonchev–Trinajstić information content (AvgIpc) is 2.18. The van der Waals surface area contributed by atoms with Crippen LogP contribution in [-0.4, -0.2) is 38.7 Å². The Morgan fingerprint density at radius 2 is 1.60 bits per heavy atom. The molecule has 0 fully saturated rings. The quantitative estimate of drug-likeness (QED) is 0.572. The SMILES string of the molecule is CC(C)(C)C(OCCCO[Si](C)(C)C(C)(C)C)C(=O)O. The predicted octanol–water partition coefficient (Wildman–Crippen LogP) is 3.91. The second kappa shape index (κ2) is 7.05. The molecule has 1 unspecified atom stereocenters. The van der Waals surface area contributed by atoms with E-state index in [4.69, 9.17) is 14.3 Å². The minimum absolute atomic E-state index is 0.197. The summed E-state index contributed by atoms with van der Waals surface area (Å²) in [6.45, 7) is 17.7. The highest BCUT2D eigenvalue weighted by molar-refractivity contribution is 6.74. The first kappa shape index (κ1) is 19.6. The van der Waals surface area contributed by atoms with Crippen LogP contribution in [0.3, 0.4) is 0 Å². The van der Waals surface area contributed by atoms with Gasteiger partial charge in [0.15, 0.2) is 14.4 Å². The van der Waals surface area contributed by atoms with Gasteiger partial charge in [-0.2, -0.15) is 0 Å². The van der Waals surface area contributed by atoms with Gasteiger partial charge in [-0.3, -0.25) is 0 Å². The Morgan fingerprint density at radius 1 is 1.10 bits per heavy atom. The summed E-state index contributed by atoms with van der Waals surface area (Å²) in [7, 11) is -1.71. The first-order valence-corrected chi connectivity index (χ1v) is 10.2. The number of carboxylic acid groups (broad SMARTS) is 1. The molecule has 20 heavy (non-hydrogen) atoms. The van der Waals surface area contributed by atoms with Crippen LogP contribution in [-0.2, 0) is 14.0 Å². The van der Waals surface area contributed by atoms with E-state index < -0.39 is 25.8 Å². The van der Waals surface area contributed by atoms with E-state index in [1.54, 1.807) is 0 Å². The van der Waals surface area contributed by atoms with Crippen LogP contribution in [0.5, 0.6) is 0 Å². The molecule has 0 bridgehead atoms. The smallest absolute Gasteiger partial charge is 0.333 e. The zero-order valence-corrected chi connectivity index (χ0v) is 15.4. The van der Waals surface area contributed by atoms with Crippen molar-refractivity contribution in [1.82, 2.24) is 0 Å². The molecular formula is C15H32O4Si. The van der Waals surface area contributed by atoms with Gasteiger partial charge in [-0.1, -0.05) is 41.5 Å². The first-order chi connectivity index (χ1) is 8.79. The molecule has 0 aliphatic rings. The molecule has 0 aliphatic heterocycles. The second-order valence-electron chi connectivity index (χ2n) is 7.92. The molecule has 0 aromatic carbocycles. The zero-order chi connectivity index (χ0) is 16.2. The highest BCUT2D eigenvalue weighted by atomic mass is 28.4. The molecule has 0 aromatic heterocycles. The van der Waals surface area contributed by atoms with E-state index in [0.717, 1.165) is 6.42 Å². The van der Waals surface area contributed by atoms with Crippen molar-refractivity contribution in [2.24, 2.45) is 5.41 Å². The number of carbonyl (C=O) groups is 1. The van der Waals surface area contributed by atoms with Gasteiger partial charge >= 0.3 is 5.97 Å². The maximum atomic E-state index is 11.2. The van der Waals surface area contributed by atoms with Crippen LogP contribution in [0.2, 0.25) is 18.1 Å². The lowest BCUT2D eigenvalue weighted by Crippen LogP contribution is -2.41. The van der Waals surface area contributed by atoms with Crippen LogP contribution in [0, 0.1) is 5.41 Å². The summed E-state index contributed by atoms with van der Waals surface area (Å²) in [4.78, 5) is 11.2. The largest absolute Gasteiger partial charge is 0.479 e. The summed E-state index contributed by atoms with van der Waals surface area (Å²) < 4.78 is 11.5. The summed E-state index contributed by atoms with van der Waals surface area (Å²) in [5, 5.41) is 9.35. The number of aliphatic carboxylic acids is 1. The Kier molecular flexibility index (Phi) is 6.91. The zero-order valence-electron chi connectivity index (χ0n) is 14.4. The Bertz CT molecular complexity index is 313. The number of ether oxygens (including phenoxy) is 1. The van der Waals surface area contributed by atoms with Crippen molar-refractivity contribution in [1.29, 1.82) is 0 Å². The van der Waals surface area contributed by atoms with Crippen molar-refractivity contribution in [2.45, 2.75) is 72.2 Å². The molecule has 0 radical (unpaired) electrons. The van der Waals surface area contributed by atoms with Crippen LogP contribution in [0.1, 0.15) is 48.0 Å². The molecule has 0 spiro atoms. The van der Waals surface area contributed by atoms with Gasteiger partial charge in [0, 0.05) is 13.2 Å². The van der Waals surface area contributed by atoms with Gasteiger partial charge in [-0.25, -0.2) is 4.79 Å². The van der Waals surface area contributed by atoms with Crippen LogP contribution >= 0.6 is 0 Å². The number of hydrogen-bond acceptors (Lipinski definition) is 3. The lowest BCUT2D eigenvalue weighted by molar-refractivity contribution is -0.158. The van der Waals surface area contributed by atoms with Gasteiger partial charge in [0.25, 0.3) is 0 Å². The monoisotopic (exact) mass is 304 g/mol. The third-order valence-electron chi connectivity index (χ3n) is 3.85. The minimum atomic E-state index is -1.71.